The van der Waals surface area contributed by atoms with Crippen molar-refractivity contribution in [1.82, 2.24) is 4.90 Å². The summed E-state index contributed by atoms with van der Waals surface area (Å²) in [5.41, 5.74) is 2.43. The Kier molecular flexibility index (Phi) is 8.90. The minimum atomic E-state index is -0.633. The van der Waals surface area contributed by atoms with Gasteiger partial charge in [-0.25, -0.2) is 4.39 Å². The van der Waals surface area contributed by atoms with Gasteiger partial charge in [0.15, 0.2) is 5.17 Å². The van der Waals surface area contributed by atoms with Crippen LogP contribution >= 0.6 is 11.8 Å². The maximum Gasteiger partial charge on any atom is 0.242 e. The number of thioether (sulfide) groups is 1. The molecule has 0 aliphatic carbocycles. The van der Waals surface area contributed by atoms with E-state index in [1.165, 1.54) is 30.1 Å². The van der Waals surface area contributed by atoms with E-state index in [2.05, 4.69) is 15.5 Å². The Morgan fingerprint density at radius 2 is 1.80 bits per heavy atom. The van der Waals surface area contributed by atoms with E-state index in [0.29, 0.717) is 41.1 Å². The lowest BCUT2D eigenvalue weighted by molar-refractivity contribution is -0.128. The van der Waals surface area contributed by atoms with E-state index >= 15 is 0 Å². The molecule has 0 spiro atoms. The molecule has 1 aliphatic heterocycles. The Bertz CT molecular complexity index is 1550. The number of methoxy groups -OCH3 is 1. The van der Waals surface area contributed by atoms with Crippen LogP contribution in [0.15, 0.2) is 106 Å². The third-order valence-electron chi connectivity index (χ3n) is 6.32. The molecule has 1 atom stereocenters. The average molecular weight is 571 g/mol. The van der Waals surface area contributed by atoms with Gasteiger partial charge < -0.3 is 14.5 Å². The fraction of sp³-hybridized carbons (Fsp3) is 0.161. The molecular weight excluding hydrogens is 543 g/mol. The monoisotopic (exact) mass is 570 g/mol. The van der Waals surface area contributed by atoms with Crippen molar-refractivity contribution >= 4 is 40.6 Å². The topological polar surface area (TPSA) is 96.5 Å². The van der Waals surface area contributed by atoms with E-state index in [1.54, 1.807) is 60.5 Å². The van der Waals surface area contributed by atoms with Crippen LogP contribution in [-0.2, 0) is 16.0 Å². The smallest absolute Gasteiger partial charge is 0.242 e. The standard InChI is InChI=1S/C31H27FN4O4S/c1-39-25-13-11-24(12-14-25)34-29(37)19-28-30(38)36(18-17-21-5-3-2-4-6-21)31(41-28)35-33-20-26-15-16-27(40-26)22-7-9-23(32)10-8-22/h2-16,20,28H,17-19H2,1H3,(H,34,37)/b33-20+,35-31-. The Morgan fingerprint density at radius 1 is 1.05 bits per heavy atom. The van der Waals surface area contributed by atoms with Crippen molar-refractivity contribution in [2.75, 3.05) is 19.0 Å². The normalized spacial score (nSPS) is 16.0. The molecule has 1 saturated heterocycles. The van der Waals surface area contributed by atoms with Crippen molar-refractivity contribution in [2.24, 2.45) is 10.2 Å². The number of amides is 2. The van der Waals surface area contributed by atoms with Gasteiger partial charge >= 0.3 is 0 Å². The molecule has 1 aromatic heterocycles. The number of anilines is 1. The molecule has 2 amide bonds. The number of benzene rings is 3. The minimum Gasteiger partial charge on any atom is -0.497 e. The number of furan rings is 1. The average Bonchev–Trinajstić information content (AvgIpc) is 3.57. The molecule has 5 rings (SSSR count). The predicted molar refractivity (Wildman–Crippen MR) is 159 cm³/mol. The predicted octanol–water partition coefficient (Wildman–Crippen LogP) is 6.00. The van der Waals surface area contributed by atoms with Crippen molar-refractivity contribution in [3.05, 3.63) is 108 Å². The molecule has 1 unspecified atom stereocenters. The highest BCUT2D eigenvalue weighted by Crippen LogP contribution is 2.30. The number of hydrogen-bond donors (Lipinski definition) is 1. The van der Waals surface area contributed by atoms with E-state index in [9.17, 15) is 14.0 Å². The van der Waals surface area contributed by atoms with Crippen molar-refractivity contribution in [3.63, 3.8) is 0 Å². The Morgan fingerprint density at radius 3 is 2.54 bits per heavy atom. The number of carbonyl (C=O) groups excluding carboxylic acids is 2. The second-order valence-corrected chi connectivity index (χ2v) is 10.3. The van der Waals surface area contributed by atoms with Crippen molar-refractivity contribution in [1.29, 1.82) is 0 Å². The number of carbonyl (C=O) groups is 2. The molecule has 8 nitrogen and oxygen atoms in total. The maximum atomic E-state index is 13.4. The van der Waals surface area contributed by atoms with Gasteiger partial charge in [-0.15, -0.1) is 5.10 Å². The quantitative estimate of drug-likeness (QED) is 0.186. The van der Waals surface area contributed by atoms with Crippen LogP contribution in [0.3, 0.4) is 0 Å². The lowest BCUT2D eigenvalue weighted by Gasteiger charge is -2.15. The minimum absolute atomic E-state index is 0.0146. The summed E-state index contributed by atoms with van der Waals surface area (Å²) in [5.74, 6) is 0.904. The second kappa shape index (κ2) is 13.1. The summed E-state index contributed by atoms with van der Waals surface area (Å²) >= 11 is 1.21. The van der Waals surface area contributed by atoms with Crippen molar-refractivity contribution < 1.29 is 23.1 Å². The van der Waals surface area contributed by atoms with Gasteiger partial charge in [0.1, 0.15) is 28.3 Å². The molecule has 0 radical (unpaired) electrons. The van der Waals surface area contributed by atoms with Gasteiger partial charge in [0.25, 0.3) is 0 Å². The van der Waals surface area contributed by atoms with E-state index in [4.69, 9.17) is 9.15 Å². The first-order valence-corrected chi connectivity index (χ1v) is 13.8. The zero-order chi connectivity index (χ0) is 28.6. The van der Waals surface area contributed by atoms with Crippen LogP contribution < -0.4 is 10.1 Å². The zero-order valence-electron chi connectivity index (χ0n) is 22.2. The summed E-state index contributed by atoms with van der Waals surface area (Å²) in [4.78, 5) is 27.7. The number of rotatable bonds is 10. The summed E-state index contributed by atoms with van der Waals surface area (Å²) in [5, 5.41) is 11.1. The highest BCUT2D eigenvalue weighted by molar-refractivity contribution is 8.15. The zero-order valence-corrected chi connectivity index (χ0v) is 23.0. The summed E-state index contributed by atoms with van der Waals surface area (Å²) < 4.78 is 24.2. The van der Waals surface area contributed by atoms with Crippen LogP contribution in [0.5, 0.6) is 5.75 Å². The van der Waals surface area contributed by atoms with Crippen LogP contribution in [0, 0.1) is 5.82 Å². The second-order valence-electron chi connectivity index (χ2n) is 9.15. The molecule has 41 heavy (non-hydrogen) atoms. The molecular formula is C31H27FN4O4S. The van der Waals surface area contributed by atoms with Gasteiger partial charge in [-0.2, -0.15) is 5.10 Å². The van der Waals surface area contributed by atoms with Crippen molar-refractivity contribution in [3.8, 4) is 17.1 Å². The first kappa shape index (κ1) is 27.9. The molecule has 1 N–H and O–H groups in total. The largest absolute Gasteiger partial charge is 0.497 e. The van der Waals surface area contributed by atoms with Crippen molar-refractivity contribution in [2.45, 2.75) is 18.1 Å². The van der Waals surface area contributed by atoms with E-state index in [1.807, 2.05) is 30.3 Å². The number of nitrogens with zero attached hydrogens (tertiary/aromatic N) is 3. The van der Waals surface area contributed by atoms with Gasteiger partial charge in [0.2, 0.25) is 11.8 Å². The molecule has 1 aliphatic rings. The maximum absolute atomic E-state index is 13.4. The first-order chi connectivity index (χ1) is 20.0. The molecule has 2 heterocycles. The van der Waals surface area contributed by atoms with Crippen LogP contribution in [0.2, 0.25) is 0 Å². The summed E-state index contributed by atoms with van der Waals surface area (Å²) in [6.45, 7) is 0.399. The van der Waals surface area contributed by atoms with Crippen LogP contribution in [0.25, 0.3) is 11.3 Å². The highest BCUT2D eigenvalue weighted by Gasteiger charge is 2.39. The number of halogens is 1. The summed E-state index contributed by atoms with van der Waals surface area (Å²) in [6, 6.07) is 26.3. The lowest BCUT2D eigenvalue weighted by Crippen LogP contribution is -2.35. The first-order valence-electron chi connectivity index (χ1n) is 12.9. The lowest BCUT2D eigenvalue weighted by atomic mass is 10.1. The van der Waals surface area contributed by atoms with Crippen LogP contribution in [0.4, 0.5) is 10.1 Å². The molecule has 0 bridgehead atoms. The third-order valence-corrected chi connectivity index (χ3v) is 7.48. The van der Waals surface area contributed by atoms with Gasteiger partial charge in [0, 0.05) is 24.2 Å². The SMILES string of the molecule is COc1ccc(NC(=O)CC2S/C(=N\N=C\c3ccc(-c4ccc(F)cc4)o3)N(CCc3ccccc3)C2=O)cc1. The third kappa shape index (κ3) is 7.29. The van der Waals surface area contributed by atoms with Gasteiger partial charge in [-0.3, -0.25) is 14.5 Å². The Hall–Kier alpha value is -4.70. The molecule has 0 saturated carbocycles. The fourth-order valence-corrected chi connectivity index (χ4v) is 5.31. The van der Waals surface area contributed by atoms with Gasteiger partial charge in [0.05, 0.1) is 13.3 Å². The summed E-state index contributed by atoms with van der Waals surface area (Å²) in [7, 11) is 1.57. The summed E-state index contributed by atoms with van der Waals surface area (Å²) in [6.07, 6.45) is 2.06. The van der Waals surface area contributed by atoms with E-state index in [-0.39, 0.29) is 24.1 Å². The Labute approximate surface area is 240 Å². The van der Waals surface area contributed by atoms with Crippen LogP contribution in [-0.4, -0.2) is 47.0 Å². The van der Waals surface area contributed by atoms with E-state index < -0.39 is 5.25 Å². The number of hydrogen-bond acceptors (Lipinski definition) is 7. The molecule has 1 fully saturated rings. The van der Waals surface area contributed by atoms with Crippen LogP contribution in [0.1, 0.15) is 17.7 Å². The number of nitrogens with one attached hydrogen (secondary N) is 1. The molecule has 208 valence electrons. The van der Waals surface area contributed by atoms with Gasteiger partial charge in [-0.05, 0) is 72.6 Å². The number of amidine groups is 1. The number of ether oxygens (including phenoxy) is 1. The highest BCUT2D eigenvalue weighted by atomic mass is 32.2. The molecule has 4 aromatic rings. The van der Waals surface area contributed by atoms with E-state index in [0.717, 1.165) is 11.1 Å². The Balaban J connectivity index is 1.28. The molecule has 10 heteroatoms. The van der Waals surface area contributed by atoms with Gasteiger partial charge in [-0.1, -0.05) is 42.1 Å². The fourth-order valence-electron chi connectivity index (χ4n) is 4.19. The molecule has 3 aromatic carbocycles.